The molecule has 3 rings (SSSR count). The minimum absolute atomic E-state index is 0.162. The molecule has 0 aromatic carbocycles. The number of hydrogen-bond donors (Lipinski definition) is 0. The Balaban J connectivity index is 1.68. The number of rotatable bonds is 4. The van der Waals surface area contributed by atoms with Crippen molar-refractivity contribution in [3.8, 4) is 0 Å². The molecule has 4 nitrogen and oxygen atoms in total. The van der Waals surface area contributed by atoms with E-state index < -0.39 is 0 Å². The summed E-state index contributed by atoms with van der Waals surface area (Å²) in [6.45, 7) is 4.80. The third-order valence-electron chi connectivity index (χ3n) is 5.44. The Morgan fingerprint density at radius 1 is 1.25 bits per heavy atom. The molecule has 1 amide bonds. The molecule has 3 fully saturated rings. The molecule has 0 spiro atoms. The van der Waals surface area contributed by atoms with E-state index in [-0.39, 0.29) is 5.54 Å². The largest absolute Gasteiger partial charge is 0.381 e. The molecule has 1 atom stereocenters. The third kappa shape index (κ3) is 2.60. The minimum Gasteiger partial charge on any atom is -0.381 e. The first-order valence-electron chi connectivity index (χ1n) is 8.31. The topological polar surface area (TPSA) is 32.8 Å². The van der Waals surface area contributed by atoms with Crippen LogP contribution in [0, 0.1) is 5.92 Å². The maximum Gasteiger partial charge on any atom is 0.242 e. The highest BCUT2D eigenvalue weighted by molar-refractivity contribution is 5.86. The van der Waals surface area contributed by atoms with E-state index in [1.54, 1.807) is 0 Å². The Kier molecular flexibility index (Phi) is 4.32. The summed E-state index contributed by atoms with van der Waals surface area (Å²) >= 11 is 0. The van der Waals surface area contributed by atoms with Crippen LogP contribution in [0.3, 0.4) is 0 Å². The van der Waals surface area contributed by atoms with Gasteiger partial charge in [-0.15, -0.1) is 0 Å². The maximum atomic E-state index is 13.1. The lowest BCUT2D eigenvalue weighted by Crippen LogP contribution is -2.57. The second-order valence-corrected chi connectivity index (χ2v) is 6.85. The van der Waals surface area contributed by atoms with Gasteiger partial charge >= 0.3 is 0 Å². The van der Waals surface area contributed by atoms with E-state index in [0.717, 1.165) is 52.1 Å². The smallest absolute Gasteiger partial charge is 0.242 e. The normalized spacial score (nSPS) is 29.9. The summed E-state index contributed by atoms with van der Waals surface area (Å²) in [4.78, 5) is 17.6. The average Bonchev–Trinajstić information content (AvgIpc) is 3.19. The van der Waals surface area contributed by atoms with E-state index in [9.17, 15) is 4.79 Å². The van der Waals surface area contributed by atoms with Crippen molar-refractivity contribution in [2.75, 3.05) is 39.9 Å². The van der Waals surface area contributed by atoms with Crippen molar-refractivity contribution in [2.45, 2.75) is 50.5 Å². The predicted molar refractivity (Wildman–Crippen MR) is 78.6 cm³/mol. The predicted octanol–water partition coefficient (Wildman–Crippen LogP) is 1.89. The first-order chi connectivity index (χ1) is 9.72. The van der Waals surface area contributed by atoms with E-state index >= 15 is 0 Å². The summed E-state index contributed by atoms with van der Waals surface area (Å²) in [6.07, 6.45) is 8.18. The minimum atomic E-state index is -0.162. The summed E-state index contributed by atoms with van der Waals surface area (Å²) in [6, 6.07) is 0. The fraction of sp³-hybridized carbons (Fsp3) is 0.938. The Hall–Kier alpha value is -0.610. The Morgan fingerprint density at radius 2 is 1.95 bits per heavy atom. The lowest BCUT2D eigenvalue weighted by Gasteiger charge is -2.40. The van der Waals surface area contributed by atoms with E-state index in [1.165, 1.54) is 25.7 Å². The van der Waals surface area contributed by atoms with Crippen LogP contribution in [0.25, 0.3) is 0 Å². The van der Waals surface area contributed by atoms with Crippen molar-refractivity contribution in [3.63, 3.8) is 0 Å². The SMILES string of the molecule is CN(C[C@@H]1CCOC1)C(=O)C1(N2CCCC2)CCCC1. The van der Waals surface area contributed by atoms with Crippen LogP contribution in [-0.4, -0.2) is 61.1 Å². The van der Waals surface area contributed by atoms with Gasteiger partial charge in [0.25, 0.3) is 0 Å². The second kappa shape index (κ2) is 6.02. The zero-order chi connectivity index (χ0) is 14.0. The van der Waals surface area contributed by atoms with Gasteiger partial charge in [0, 0.05) is 26.1 Å². The molecule has 0 aromatic rings. The second-order valence-electron chi connectivity index (χ2n) is 6.85. The van der Waals surface area contributed by atoms with Crippen molar-refractivity contribution < 1.29 is 9.53 Å². The fourth-order valence-corrected chi connectivity index (χ4v) is 4.32. The van der Waals surface area contributed by atoms with Crippen molar-refractivity contribution in [1.82, 2.24) is 9.80 Å². The van der Waals surface area contributed by atoms with Gasteiger partial charge in [0.05, 0.1) is 6.61 Å². The molecule has 2 aliphatic heterocycles. The van der Waals surface area contributed by atoms with Gasteiger partial charge in [0.2, 0.25) is 5.91 Å². The van der Waals surface area contributed by atoms with Crippen LogP contribution in [-0.2, 0) is 9.53 Å². The van der Waals surface area contributed by atoms with E-state index in [4.69, 9.17) is 4.74 Å². The van der Waals surface area contributed by atoms with Gasteiger partial charge in [-0.25, -0.2) is 0 Å². The lowest BCUT2D eigenvalue weighted by atomic mass is 9.93. The molecule has 20 heavy (non-hydrogen) atoms. The quantitative estimate of drug-likeness (QED) is 0.788. The van der Waals surface area contributed by atoms with Crippen molar-refractivity contribution in [3.05, 3.63) is 0 Å². The van der Waals surface area contributed by atoms with Crippen LogP contribution in [0.1, 0.15) is 44.9 Å². The Labute approximate surface area is 122 Å². The molecule has 3 aliphatic rings. The van der Waals surface area contributed by atoms with Crippen molar-refractivity contribution >= 4 is 5.91 Å². The summed E-state index contributed by atoms with van der Waals surface area (Å²) < 4.78 is 5.44. The molecule has 0 radical (unpaired) electrons. The number of carbonyl (C=O) groups is 1. The number of nitrogens with zero attached hydrogens (tertiary/aromatic N) is 2. The van der Waals surface area contributed by atoms with Crippen LogP contribution in [0.4, 0.5) is 0 Å². The van der Waals surface area contributed by atoms with Crippen LogP contribution < -0.4 is 0 Å². The number of ether oxygens (including phenoxy) is 1. The van der Waals surface area contributed by atoms with Crippen LogP contribution in [0.5, 0.6) is 0 Å². The van der Waals surface area contributed by atoms with Gasteiger partial charge in [-0.3, -0.25) is 9.69 Å². The summed E-state index contributed by atoms with van der Waals surface area (Å²) in [5.41, 5.74) is -0.162. The standard InChI is InChI=1S/C16H28N2O2/c1-17(12-14-6-11-20-13-14)15(19)16(7-2-3-8-16)18-9-4-5-10-18/h14H,2-13H2,1H3/t14-/m0/s1. The van der Waals surface area contributed by atoms with Crippen molar-refractivity contribution in [1.29, 1.82) is 0 Å². The van der Waals surface area contributed by atoms with E-state index in [0.29, 0.717) is 11.8 Å². The van der Waals surface area contributed by atoms with E-state index in [2.05, 4.69) is 4.90 Å². The maximum absolute atomic E-state index is 13.1. The molecule has 4 heteroatoms. The van der Waals surface area contributed by atoms with Gasteiger partial charge in [-0.05, 0) is 45.2 Å². The molecular weight excluding hydrogens is 252 g/mol. The highest BCUT2D eigenvalue weighted by Gasteiger charge is 2.48. The fourth-order valence-electron chi connectivity index (χ4n) is 4.32. The lowest BCUT2D eigenvalue weighted by molar-refractivity contribution is -0.143. The first-order valence-corrected chi connectivity index (χ1v) is 8.31. The molecule has 2 heterocycles. The molecule has 0 bridgehead atoms. The van der Waals surface area contributed by atoms with Crippen LogP contribution in [0.2, 0.25) is 0 Å². The van der Waals surface area contributed by atoms with Gasteiger partial charge in [0.1, 0.15) is 5.54 Å². The van der Waals surface area contributed by atoms with Gasteiger partial charge in [0.15, 0.2) is 0 Å². The zero-order valence-corrected chi connectivity index (χ0v) is 12.8. The zero-order valence-electron chi connectivity index (χ0n) is 12.8. The monoisotopic (exact) mass is 280 g/mol. The molecule has 0 unspecified atom stereocenters. The number of likely N-dealkylation sites (N-methyl/N-ethyl adjacent to an activating group) is 1. The highest BCUT2D eigenvalue weighted by atomic mass is 16.5. The average molecular weight is 280 g/mol. The molecule has 114 valence electrons. The molecule has 1 saturated carbocycles. The summed E-state index contributed by atoms with van der Waals surface area (Å²) in [5.74, 6) is 0.921. The highest BCUT2D eigenvalue weighted by Crippen LogP contribution is 2.39. The summed E-state index contributed by atoms with van der Waals surface area (Å²) in [5, 5.41) is 0. The van der Waals surface area contributed by atoms with Gasteiger partial charge in [-0.1, -0.05) is 12.8 Å². The Morgan fingerprint density at radius 3 is 2.55 bits per heavy atom. The van der Waals surface area contributed by atoms with Gasteiger partial charge < -0.3 is 9.64 Å². The molecule has 1 aliphatic carbocycles. The van der Waals surface area contributed by atoms with Crippen LogP contribution >= 0.6 is 0 Å². The summed E-state index contributed by atoms with van der Waals surface area (Å²) in [7, 11) is 2.00. The van der Waals surface area contributed by atoms with Crippen molar-refractivity contribution in [2.24, 2.45) is 5.92 Å². The molecular formula is C16H28N2O2. The van der Waals surface area contributed by atoms with Gasteiger partial charge in [-0.2, -0.15) is 0 Å². The van der Waals surface area contributed by atoms with E-state index in [1.807, 2.05) is 11.9 Å². The molecule has 0 aromatic heterocycles. The first kappa shape index (κ1) is 14.3. The number of hydrogen-bond acceptors (Lipinski definition) is 3. The Bertz CT molecular complexity index is 340. The number of likely N-dealkylation sites (tertiary alicyclic amines) is 1. The third-order valence-corrected chi connectivity index (χ3v) is 5.44. The molecule has 2 saturated heterocycles. The van der Waals surface area contributed by atoms with Crippen LogP contribution in [0.15, 0.2) is 0 Å². The number of amides is 1. The number of carbonyl (C=O) groups excluding carboxylic acids is 1. The molecule has 0 N–H and O–H groups in total.